The summed E-state index contributed by atoms with van der Waals surface area (Å²) in [5.74, 6) is -1.82. The molecule has 18 heavy (non-hydrogen) atoms. The van der Waals surface area contributed by atoms with Crippen LogP contribution in [0.25, 0.3) is 0 Å². The second kappa shape index (κ2) is 5.48. The first-order valence-corrected chi connectivity index (χ1v) is 6.88. The third-order valence-electron chi connectivity index (χ3n) is 3.41. The van der Waals surface area contributed by atoms with E-state index < -0.39 is 11.9 Å². The normalized spacial score (nSPS) is 22.9. The van der Waals surface area contributed by atoms with Gasteiger partial charge in [-0.25, -0.2) is 4.98 Å². The van der Waals surface area contributed by atoms with Crippen molar-refractivity contribution < 1.29 is 14.7 Å². The molecule has 0 aliphatic heterocycles. The molecule has 0 saturated heterocycles. The minimum absolute atomic E-state index is 0.0760. The summed E-state index contributed by atoms with van der Waals surface area (Å²) in [4.78, 5) is 29.0. The van der Waals surface area contributed by atoms with Crippen LogP contribution in [0.5, 0.6) is 0 Å². The van der Waals surface area contributed by atoms with Crippen molar-refractivity contribution in [3.8, 4) is 0 Å². The van der Waals surface area contributed by atoms with Gasteiger partial charge >= 0.3 is 5.97 Å². The maximum atomic E-state index is 12.2. The highest BCUT2D eigenvalue weighted by Crippen LogP contribution is 2.33. The van der Waals surface area contributed by atoms with E-state index in [-0.39, 0.29) is 11.8 Å². The average Bonchev–Trinajstić information content (AvgIpc) is 2.97. The van der Waals surface area contributed by atoms with E-state index in [4.69, 9.17) is 5.11 Å². The van der Waals surface area contributed by atoms with Gasteiger partial charge in [-0.2, -0.15) is 0 Å². The van der Waals surface area contributed by atoms with Crippen LogP contribution in [0.15, 0.2) is 10.9 Å². The summed E-state index contributed by atoms with van der Waals surface area (Å²) in [5.41, 5.74) is 2.57. The number of hydrogen-bond acceptors (Lipinski definition) is 4. The van der Waals surface area contributed by atoms with E-state index >= 15 is 0 Å². The predicted octanol–water partition coefficient (Wildman–Crippen LogP) is 1.60. The van der Waals surface area contributed by atoms with Gasteiger partial charge in [0.05, 0.1) is 29.6 Å². The molecule has 0 spiro atoms. The van der Waals surface area contributed by atoms with Gasteiger partial charge in [0.15, 0.2) is 0 Å². The van der Waals surface area contributed by atoms with Crippen LogP contribution in [-0.2, 0) is 16.1 Å². The molecular weight excluding hydrogens is 252 g/mol. The van der Waals surface area contributed by atoms with Crippen molar-refractivity contribution in [3.05, 3.63) is 16.6 Å². The molecular formula is C12H16N2O3S. The number of carbonyl (C=O) groups excluding carboxylic acids is 1. The number of carbonyl (C=O) groups is 2. The Balaban J connectivity index is 1.99. The van der Waals surface area contributed by atoms with Crippen LogP contribution in [0.3, 0.4) is 0 Å². The summed E-state index contributed by atoms with van der Waals surface area (Å²) in [6.07, 6.45) is 2.10. The fraction of sp³-hybridized carbons (Fsp3) is 0.583. The monoisotopic (exact) mass is 268 g/mol. The van der Waals surface area contributed by atoms with Gasteiger partial charge in [-0.15, -0.1) is 11.3 Å². The summed E-state index contributed by atoms with van der Waals surface area (Å²) in [6, 6.07) is 0. The highest BCUT2D eigenvalue weighted by Gasteiger charge is 2.38. The second-order valence-electron chi connectivity index (χ2n) is 4.66. The number of hydrogen-bond donors (Lipinski definition) is 1. The summed E-state index contributed by atoms with van der Waals surface area (Å²) >= 11 is 1.49. The highest BCUT2D eigenvalue weighted by atomic mass is 32.1. The topological polar surface area (TPSA) is 70.5 Å². The minimum atomic E-state index is -0.854. The zero-order chi connectivity index (χ0) is 13.1. The van der Waals surface area contributed by atoms with E-state index in [1.165, 1.54) is 11.3 Å². The van der Waals surface area contributed by atoms with Crippen LogP contribution in [0.4, 0.5) is 0 Å². The Morgan fingerprint density at radius 2 is 2.22 bits per heavy atom. The average molecular weight is 268 g/mol. The maximum Gasteiger partial charge on any atom is 0.307 e. The number of amides is 1. The van der Waals surface area contributed by atoms with Gasteiger partial charge in [0.1, 0.15) is 0 Å². The first-order chi connectivity index (χ1) is 8.59. The third kappa shape index (κ3) is 2.69. The Morgan fingerprint density at radius 1 is 1.50 bits per heavy atom. The fourth-order valence-electron chi connectivity index (χ4n) is 2.47. The molecule has 2 atom stereocenters. The third-order valence-corrected chi connectivity index (χ3v) is 4.04. The Bertz CT molecular complexity index is 433. The largest absolute Gasteiger partial charge is 0.481 e. The molecule has 0 aromatic carbocycles. The fourth-order valence-corrected chi connectivity index (χ4v) is 3.02. The molecule has 5 nitrogen and oxygen atoms in total. The molecule has 1 aliphatic carbocycles. The standard InChI is InChI=1S/C12H16N2O3S/c1-14(5-8-6-18-7-13-8)11(15)9-3-2-4-10(9)12(16)17/h6-7,9-10H,2-5H2,1H3,(H,16,17)/t9-,10+/m1/s1. The Labute approximate surface area is 109 Å². The van der Waals surface area contributed by atoms with Crippen LogP contribution in [0, 0.1) is 11.8 Å². The molecule has 1 saturated carbocycles. The summed E-state index contributed by atoms with van der Waals surface area (Å²) < 4.78 is 0. The zero-order valence-electron chi connectivity index (χ0n) is 10.2. The van der Waals surface area contributed by atoms with E-state index in [0.717, 1.165) is 12.1 Å². The lowest BCUT2D eigenvalue weighted by atomic mass is 9.95. The Kier molecular flexibility index (Phi) is 3.96. The summed E-state index contributed by atoms with van der Waals surface area (Å²) in [6.45, 7) is 0.450. The first-order valence-electron chi connectivity index (χ1n) is 5.94. The Hall–Kier alpha value is -1.43. The van der Waals surface area contributed by atoms with E-state index in [0.29, 0.717) is 19.4 Å². The van der Waals surface area contributed by atoms with Gasteiger partial charge in [0.2, 0.25) is 5.91 Å². The zero-order valence-corrected chi connectivity index (χ0v) is 11.0. The molecule has 6 heteroatoms. The van der Waals surface area contributed by atoms with Crippen molar-refractivity contribution in [1.82, 2.24) is 9.88 Å². The number of aromatic nitrogens is 1. The smallest absolute Gasteiger partial charge is 0.307 e. The summed E-state index contributed by atoms with van der Waals surface area (Å²) in [7, 11) is 1.71. The van der Waals surface area contributed by atoms with Crippen molar-refractivity contribution >= 4 is 23.2 Å². The van der Waals surface area contributed by atoms with Crippen LogP contribution >= 0.6 is 11.3 Å². The molecule has 0 unspecified atom stereocenters. The van der Waals surface area contributed by atoms with Gasteiger partial charge in [-0.1, -0.05) is 6.42 Å². The predicted molar refractivity (Wildman–Crippen MR) is 67.1 cm³/mol. The number of carboxylic acid groups (broad SMARTS) is 1. The quantitative estimate of drug-likeness (QED) is 0.900. The van der Waals surface area contributed by atoms with E-state index in [1.54, 1.807) is 17.5 Å². The highest BCUT2D eigenvalue weighted by molar-refractivity contribution is 7.07. The van der Waals surface area contributed by atoms with Gasteiger partial charge in [-0.3, -0.25) is 9.59 Å². The number of nitrogens with zero attached hydrogens (tertiary/aromatic N) is 2. The van der Waals surface area contributed by atoms with Crippen molar-refractivity contribution in [3.63, 3.8) is 0 Å². The SMILES string of the molecule is CN(Cc1cscn1)C(=O)[C@@H]1CCC[C@@H]1C(=O)O. The maximum absolute atomic E-state index is 12.2. The van der Waals surface area contributed by atoms with Crippen molar-refractivity contribution in [2.24, 2.45) is 11.8 Å². The van der Waals surface area contributed by atoms with Crippen LogP contribution in [0.1, 0.15) is 25.0 Å². The van der Waals surface area contributed by atoms with Crippen molar-refractivity contribution in [2.45, 2.75) is 25.8 Å². The molecule has 0 radical (unpaired) electrons. The number of carboxylic acids is 1. The van der Waals surface area contributed by atoms with Gasteiger partial charge in [-0.05, 0) is 12.8 Å². The Morgan fingerprint density at radius 3 is 2.83 bits per heavy atom. The lowest BCUT2D eigenvalue weighted by Gasteiger charge is -2.22. The van der Waals surface area contributed by atoms with Crippen molar-refractivity contribution in [1.29, 1.82) is 0 Å². The molecule has 98 valence electrons. The molecule has 1 aromatic rings. The molecule has 1 N–H and O–H groups in total. The molecule has 1 fully saturated rings. The summed E-state index contributed by atoms with van der Waals surface area (Å²) in [5, 5.41) is 11.0. The molecule has 1 amide bonds. The van der Waals surface area contributed by atoms with Crippen LogP contribution < -0.4 is 0 Å². The molecule has 1 aliphatic rings. The van der Waals surface area contributed by atoms with E-state index in [1.807, 2.05) is 5.38 Å². The molecule has 1 heterocycles. The van der Waals surface area contributed by atoms with E-state index in [2.05, 4.69) is 4.98 Å². The number of thiazole rings is 1. The molecule has 0 bridgehead atoms. The number of aliphatic carboxylic acids is 1. The minimum Gasteiger partial charge on any atom is -0.481 e. The molecule has 2 rings (SSSR count). The van der Waals surface area contributed by atoms with Gasteiger partial charge in [0, 0.05) is 12.4 Å². The lowest BCUT2D eigenvalue weighted by Crippen LogP contribution is -2.36. The van der Waals surface area contributed by atoms with Gasteiger partial charge in [0.25, 0.3) is 0 Å². The lowest BCUT2D eigenvalue weighted by molar-refractivity contribution is -0.148. The van der Waals surface area contributed by atoms with Gasteiger partial charge < -0.3 is 10.0 Å². The van der Waals surface area contributed by atoms with Crippen LogP contribution in [-0.4, -0.2) is 33.9 Å². The number of rotatable bonds is 4. The van der Waals surface area contributed by atoms with E-state index in [9.17, 15) is 9.59 Å². The van der Waals surface area contributed by atoms with Crippen LogP contribution in [0.2, 0.25) is 0 Å². The second-order valence-corrected chi connectivity index (χ2v) is 5.37. The first kappa shape index (κ1) is 13.0. The molecule has 1 aromatic heterocycles. The van der Waals surface area contributed by atoms with Crippen molar-refractivity contribution in [2.75, 3.05) is 7.05 Å².